The summed E-state index contributed by atoms with van der Waals surface area (Å²) >= 11 is 5.24. The summed E-state index contributed by atoms with van der Waals surface area (Å²) in [6.45, 7) is 12.3. The molecular weight excluding hydrogens is 388 g/mol. The zero-order valence-corrected chi connectivity index (χ0v) is 17.2. The van der Waals surface area contributed by atoms with Crippen molar-refractivity contribution in [3.8, 4) is 11.1 Å². The lowest BCUT2D eigenvalue weighted by Crippen LogP contribution is -1.88. The smallest absolute Gasteiger partial charge is 0.0181 e. The standard InChI is InChI=1S/C23H23BrS/c1-5-9-17(3)25-18(4)23(10-6-2)21-13-7-11-19(15-21)20-12-8-14-22(24)16-20/h5,7-16H,1,4,6H2,2-3H3/b17-9+,23-10+. The van der Waals surface area contributed by atoms with E-state index in [0.29, 0.717) is 0 Å². The van der Waals surface area contributed by atoms with Gasteiger partial charge < -0.3 is 0 Å². The van der Waals surface area contributed by atoms with Gasteiger partial charge in [0.1, 0.15) is 0 Å². The lowest BCUT2D eigenvalue weighted by Gasteiger charge is -2.13. The van der Waals surface area contributed by atoms with E-state index in [9.17, 15) is 0 Å². The highest BCUT2D eigenvalue weighted by Gasteiger charge is 2.09. The molecule has 0 unspecified atom stereocenters. The molecule has 0 fully saturated rings. The second-order valence-corrected chi connectivity index (χ2v) is 7.91. The monoisotopic (exact) mass is 410 g/mol. The molecule has 0 saturated carbocycles. The van der Waals surface area contributed by atoms with Crippen LogP contribution in [0.5, 0.6) is 0 Å². The number of rotatable bonds is 7. The second-order valence-electron chi connectivity index (χ2n) is 5.66. The molecule has 2 aromatic rings. The largest absolute Gasteiger partial charge is 0.0990 e. The average Bonchev–Trinajstić information content (AvgIpc) is 2.60. The lowest BCUT2D eigenvalue weighted by molar-refractivity contribution is 1.23. The second kappa shape index (κ2) is 9.65. The van der Waals surface area contributed by atoms with E-state index in [4.69, 9.17) is 0 Å². The van der Waals surface area contributed by atoms with Gasteiger partial charge in [-0.2, -0.15) is 0 Å². The summed E-state index contributed by atoms with van der Waals surface area (Å²) in [6, 6.07) is 17.0. The molecule has 0 aliphatic rings. The topological polar surface area (TPSA) is 0 Å². The molecule has 0 aliphatic heterocycles. The summed E-state index contributed by atoms with van der Waals surface area (Å²) in [4.78, 5) is 2.24. The molecule has 0 N–H and O–H groups in total. The first-order valence-electron chi connectivity index (χ1n) is 8.28. The maximum absolute atomic E-state index is 4.30. The van der Waals surface area contributed by atoms with Gasteiger partial charge >= 0.3 is 0 Å². The van der Waals surface area contributed by atoms with Crippen LogP contribution in [0.3, 0.4) is 0 Å². The Labute approximate surface area is 164 Å². The number of halogens is 1. The third-order valence-corrected chi connectivity index (χ3v) is 5.09. The first kappa shape index (κ1) is 19.6. The number of thioether (sulfide) groups is 1. The van der Waals surface area contributed by atoms with E-state index in [-0.39, 0.29) is 0 Å². The van der Waals surface area contributed by atoms with Crippen LogP contribution < -0.4 is 0 Å². The number of hydrogen-bond acceptors (Lipinski definition) is 1. The first-order chi connectivity index (χ1) is 12.0. The maximum Gasteiger partial charge on any atom is 0.0181 e. The first-order valence-corrected chi connectivity index (χ1v) is 9.89. The summed E-state index contributed by atoms with van der Waals surface area (Å²) in [5, 5.41) is 0. The highest BCUT2D eigenvalue weighted by Crippen LogP contribution is 2.36. The molecule has 0 nitrogen and oxygen atoms in total. The van der Waals surface area contributed by atoms with Crippen LogP contribution in [0, 0.1) is 0 Å². The van der Waals surface area contributed by atoms with Crippen molar-refractivity contribution in [2.75, 3.05) is 0 Å². The van der Waals surface area contributed by atoms with Gasteiger partial charge in [-0.25, -0.2) is 0 Å². The quantitative estimate of drug-likeness (QED) is 0.413. The van der Waals surface area contributed by atoms with Crippen molar-refractivity contribution >= 4 is 33.3 Å². The van der Waals surface area contributed by atoms with E-state index >= 15 is 0 Å². The maximum atomic E-state index is 4.30. The Morgan fingerprint density at radius 1 is 1.12 bits per heavy atom. The molecule has 0 atom stereocenters. The summed E-state index contributed by atoms with van der Waals surface area (Å²) in [5.41, 5.74) is 4.80. The van der Waals surface area contributed by atoms with E-state index < -0.39 is 0 Å². The van der Waals surface area contributed by atoms with Crippen molar-refractivity contribution in [3.63, 3.8) is 0 Å². The van der Waals surface area contributed by atoms with Crippen molar-refractivity contribution < 1.29 is 0 Å². The van der Waals surface area contributed by atoms with Gasteiger partial charge in [0.15, 0.2) is 0 Å². The Bertz CT molecular complexity index is 827. The van der Waals surface area contributed by atoms with Crippen molar-refractivity contribution in [1.29, 1.82) is 0 Å². The number of allylic oxidation sites excluding steroid dienone is 5. The SMILES string of the molecule is C=C/C=C(\C)SC(=C)/C(=C\CC)c1cccc(-c2cccc(Br)c2)c1. The van der Waals surface area contributed by atoms with E-state index in [0.717, 1.165) is 15.8 Å². The van der Waals surface area contributed by atoms with Gasteiger partial charge in [-0.3, -0.25) is 0 Å². The molecule has 0 amide bonds. The van der Waals surface area contributed by atoms with Crippen LogP contribution in [0.25, 0.3) is 16.7 Å². The highest BCUT2D eigenvalue weighted by molar-refractivity contribution is 9.10. The molecule has 25 heavy (non-hydrogen) atoms. The van der Waals surface area contributed by atoms with Gasteiger partial charge in [-0.15, -0.1) is 0 Å². The van der Waals surface area contributed by atoms with Gasteiger partial charge in [0.2, 0.25) is 0 Å². The van der Waals surface area contributed by atoms with Crippen molar-refractivity contribution in [1.82, 2.24) is 0 Å². The van der Waals surface area contributed by atoms with Gasteiger partial charge in [-0.1, -0.05) is 96.3 Å². The third-order valence-electron chi connectivity index (χ3n) is 3.68. The molecule has 0 bridgehead atoms. The molecule has 0 radical (unpaired) electrons. The normalized spacial score (nSPS) is 12.1. The molecular formula is C23H23BrS. The Balaban J connectivity index is 2.38. The fourth-order valence-electron chi connectivity index (χ4n) is 2.58. The van der Waals surface area contributed by atoms with Crippen LogP contribution in [-0.2, 0) is 0 Å². The average molecular weight is 411 g/mol. The number of hydrogen-bond donors (Lipinski definition) is 0. The molecule has 128 valence electrons. The predicted octanol–water partition coefficient (Wildman–Crippen LogP) is 8.25. The summed E-state index contributed by atoms with van der Waals surface area (Å²) in [7, 11) is 0. The van der Waals surface area contributed by atoms with Crippen molar-refractivity contribution in [2.24, 2.45) is 0 Å². The van der Waals surface area contributed by atoms with E-state index in [1.807, 2.05) is 18.2 Å². The van der Waals surface area contributed by atoms with E-state index in [1.54, 1.807) is 11.8 Å². The minimum Gasteiger partial charge on any atom is -0.0990 e. The molecule has 0 saturated heterocycles. The fourth-order valence-corrected chi connectivity index (χ4v) is 3.84. The summed E-state index contributed by atoms with van der Waals surface area (Å²) in [5.74, 6) is 0. The Morgan fingerprint density at radius 3 is 2.44 bits per heavy atom. The minimum atomic E-state index is 0.972. The number of benzene rings is 2. The summed E-state index contributed by atoms with van der Waals surface area (Å²) < 4.78 is 1.09. The zero-order chi connectivity index (χ0) is 18.2. The fraction of sp³-hybridized carbons (Fsp3) is 0.130. The van der Waals surface area contributed by atoms with Gasteiger partial charge in [-0.05, 0) is 58.7 Å². The molecule has 0 aromatic heterocycles. The highest BCUT2D eigenvalue weighted by atomic mass is 79.9. The molecule has 2 heteroatoms. The minimum absolute atomic E-state index is 0.972. The molecule has 0 spiro atoms. The van der Waals surface area contributed by atoms with E-state index in [1.165, 1.54) is 27.2 Å². The Hall–Kier alpha value is -1.77. The van der Waals surface area contributed by atoms with Crippen LogP contribution >= 0.6 is 27.7 Å². The Morgan fingerprint density at radius 2 is 1.80 bits per heavy atom. The molecule has 2 aromatic carbocycles. The van der Waals surface area contributed by atoms with Crippen LogP contribution in [0.4, 0.5) is 0 Å². The van der Waals surface area contributed by atoms with Crippen LogP contribution in [0.2, 0.25) is 0 Å². The van der Waals surface area contributed by atoms with Gasteiger partial charge in [0, 0.05) is 9.38 Å². The molecule has 2 rings (SSSR count). The molecule has 0 aliphatic carbocycles. The summed E-state index contributed by atoms with van der Waals surface area (Å²) in [6.07, 6.45) is 7.04. The van der Waals surface area contributed by atoms with Crippen LogP contribution in [0.15, 0.2) is 94.2 Å². The van der Waals surface area contributed by atoms with Gasteiger partial charge in [0.25, 0.3) is 0 Å². The third kappa shape index (κ3) is 5.62. The van der Waals surface area contributed by atoms with Crippen molar-refractivity contribution in [2.45, 2.75) is 20.3 Å². The van der Waals surface area contributed by atoms with Crippen LogP contribution in [0.1, 0.15) is 25.8 Å². The lowest BCUT2D eigenvalue weighted by atomic mass is 9.98. The van der Waals surface area contributed by atoms with E-state index in [2.05, 4.69) is 91.5 Å². The van der Waals surface area contributed by atoms with Gasteiger partial charge in [0.05, 0.1) is 0 Å². The predicted molar refractivity (Wildman–Crippen MR) is 119 cm³/mol. The van der Waals surface area contributed by atoms with Crippen LogP contribution in [-0.4, -0.2) is 0 Å². The molecule has 0 heterocycles. The Kier molecular flexibility index (Phi) is 7.54. The van der Waals surface area contributed by atoms with Crippen molar-refractivity contribution in [3.05, 3.63) is 99.8 Å². The zero-order valence-electron chi connectivity index (χ0n) is 14.8.